The predicted molar refractivity (Wildman–Crippen MR) is 130 cm³/mol. The molecule has 1 atom stereocenters. The van der Waals surface area contributed by atoms with Gasteiger partial charge < -0.3 is 30.5 Å². The van der Waals surface area contributed by atoms with Crippen molar-refractivity contribution < 1.29 is 14.6 Å². The van der Waals surface area contributed by atoms with Crippen LogP contribution >= 0.6 is 0 Å². The molecule has 176 valence electrons. The number of hydrogen-bond donors (Lipinski definition) is 4. The van der Waals surface area contributed by atoms with Crippen molar-refractivity contribution >= 4 is 23.1 Å². The van der Waals surface area contributed by atoms with E-state index in [4.69, 9.17) is 9.47 Å². The van der Waals surface area contributed by atoms with E-state index in [2.05, 4.69) is 37.0 Å². The number of ether oxygens (including phenoxy) is 2. The van der Waals surface area contributed by atoms with Gasteiger partial charge >= 0.3 is 0 Å². The van der Waals surface area contributed by atoms with E-state index in [1.54, 1.807) is 32.5 Å². The Bertz CT molecular complexity index is 1230. The smallest absolute Gasteiger partial charge is 0.239 e. The highest BCUT2D eigenvalue weighted by molar-refractivity contribution is 5.76. The molecule has 1 aliphatic rings. The number of pyridine rings is 1. The Hall–Kier alpha value is -3.94. The number of methoxy groups -OCH3 is 2. The molecule has 0 saturated carbocycles. The zero-order chi connectivity index (χ0) is 24.1. The maximum absolute atomic E-state index is 9.95. The lowest BCUT2D eigenvalue weighted by Crippen LogP contribution is -2.28. The van der Waals surface area contributed by atoms with Gasteiger partial charge in [-0.2, -0.15) is 10.2 Å². The first-order valence-corrected chi connectivity index (χ1v) is 10.8. The summed E-state index contributed by atoms with van der Waals surface area (Å²) in [5, 5.41) is 29.2. The number of nitrogens with one attached hydrogen (secondary N) is 3. The maximum atomic E-state index is 9.95. The van der Waals surface area contributed by atoms with Crippen LogP contribution in [0.2, 0.25) is 0 Å². The second kappa shape index (κ2) is 9.91. The number of rotatable bonds is 9. The number of nitriles is 1. The number of hydrogen-bond acceptors (Lipinski definition) is 10. The highest BCUT2D eigenvalue weighted by Gasteiger charge is 2.36. The lowest BCUT2D eigenvalue weighted by Gasteiger charge is -2.21. The average Bonchev–Trinajstić information content (AvgIpc) is 3.21. The molecule has 0 radical (unpaired) electrons. The van der Waals surface area contributed by atoms with Crippen LogP contribution in [0, 0.1) is 11.3 Å². The Balaban J connectivity index is 1.63. The predicted octanol–water partition coefficient (Wildman–Crippen LogP) is 2.90. The number of aliphatic hydroxyl groups excluding tert-OH is 1. The van der Waals surface area contributed by atoms with Crippen LogP contribution in [0.3, 0.4) is 0 Å². The molecule has 4 N–H and O–H groups in total. The summed E-state index contributed by atoms with van der Waals surface area (Å²) >= 11 is 0. The van der Waals surface area contributed by atoms with Gasteiger partial charge in [-0.1, -0.05) is 6.92 Å². The van der Waals surface area contributed by atoms with Crippen LogP contribution in [-0.4, -0.2) is 60.6 Å². The Morgan fingerprint density at radius 1 is 1.24 bits per heavy atom. The van der Waals surface area contributed by atoms with E-state index in [0.717, 1.165) is 16.8 Å². The quantitative estimate of drug-likeness (QED) is 0.352. The molecule has 0 fully saturated rings. The van der Waals surface area contributed by atoms with Gasteiger partial charge in [-0.05, 0) is 35.9 Å². The third kappa shape index (κ3) is 4.57. The molecular weight excluding hydrogens is 434 g/mol. The van der Waals surface area contributed by atoms with Crippen molar-refractivity contribution in [2.45, 2.75) is 12.3 Å². The highest BCUT2D eigenvalue weighted by atomic mass is 16.5. The van der Waals surface area contributed by atoms with Gasteiger partial charge in [0.2, 0.25) is 11.8 Å². The summed E-state index contributed by atoms with van der Waals surface area (Å²) in [6.45, 7) is 3.70. The number of fused-ring (bicyclic) bond motifs is 1. The van der Waals surface area contributed by atoms with Gasteiger partial charge in [-0.25, -0.2) is 9.97 Å². The second-order valence-electron chi connectivity index (χ2n) is 8.19. The fourth-order valence-electron chi connectivity index (χ4n) is 3.84. The zero-order valence-corrected chi connectivity index (χ0v) is 19.3. The van der Waals surface area contributed by atoms with Crippen molar-refractivity contribution in [3.8, 4) is 23.2 Å². The first-order chi connectivity index (χ1) is 16.5. The lowest BCUT2D eigenvalue weighted by molar-refractivity contribution is 0.210. The van der Waals surface area contributed by atoms with Gasteiger partial charge in [0.25, 0.3) is 0 Å². The van der Waals surface area contributed by atoms with Gasteiger partial charge in [-0.15, -0.1) is 0 Å². The number of benzene rings is 1. The van der Waals surface area contributed by atoms with E-state index in [9.17, 15) is 10.4 Å². The summed E-state index contributed by atoms with van der Waals surface area (Å²) in [5.74, 6) is 1.42. The van der Waals surface area contributed by atoms with Gasteiger partial charge in [0, 0.05) is 37.4 Å². The molecule has 0 saturated heterocycles. The third-order valence-electron chi connectivity index (χ3n) is 5.78. The minimum Gasteiger partial charge on any atom is -0.479 e. The first kappa shape index (κ1) is 23.2. The number of anilines is 4. The molecule has 34 heavy (non-hydrogen) atoms. The Labute approximate surface area is 198 Å². The van der Waals surface area contributed by atoms with Gasteiger partial charge in [0.15, 0.2) is 0 Å². The van der Waals surface area contributed by atoms with Gasteiger partial charge in [0.05, 0.1) is 37.3 Å². The molecule has 1 aromatic carbocycles. The number of nitrogens with zero attached hydrogens (tertiary/aromatic N) is 4. The normalized spacial score (nSPS) is 16.3. The van der Waals surface area contributed by atoms with Crippen molar-refractivity contribution in [3.05, 3.63) is 47.7 Å². The van der Waals surface area contributed by atoms with E-state index in [-0.39, 0.29) is 6.61 Å². The van der Waals surface area contributed by atoms with Crippen LogP contribution in [0.5, 0.6) is 5.88 Å². The topological polar surface area (TPSA) is 137 Å². The highest BCUT2D eigenvalue weighted by Crippen LogP contribution is 2.41. The van der Waals surface area contributed by atoms with Crippen molar-refractivity contribution in [2.75, 3.05) is 56.5 Å². The van der Waals surface area contributed by atoms with Crippen molar-refractivity contribution in [3.63, 3.8) is 0 Å². The molecule has 2 aromatic heterocycles. The summed E-state index contributed by atoms with van der Waals surface area (Å²) in [6, 6.07) is 11.5. The third-order valence-corrected chi connectivity index (χ3v) is 5.78. The molecule has 1 aliphatic heterocycles. The molecule has 10 heteroatoms. The molecule has 0 aliphatic carbocycles. The maximum Gasteiger partial charge on any atom is 0.239 e. The van der Waals surface area contributed by atoms with Crippen LogP contribution in [0.1, 0.15) is 18.1 Å². The summed E-state index contributed by atoms with van der Waals surface area (Å²) < 4.78 is 10.5. The molecular formula is C24H27N7O3. The van der Waals surface area contributed by atoms with Crippen LogP contribution in [0.25, 0.3) is 11.3 Å². The minimum atomic E-state index is -0.469. The minimum absolute atomic E-state index is 0.0268. The molecule has 1 unspecified atom stereocenters. The van der Waals surface area contributed by atoms with E-state index < -0.39 is 5.41 Å². The Kier molecular flexibility index (Phi) is 6.77. The number of aliphatic hydroxyl groups is 1. The van der Waals surface area contributed by atoms with Crippen molar-refractivity contribution in [1.82, 2.24) is 15.0 Å². The SMILES string of the molecule is COCCNc1ccc(Nc2nccc(-c3cc(C#N)c4c(c3)C(C)(CO)CN4)n2)c(OC)n1. The molecule has 4 rings (SSSR count). The Morgan fingerprint density at radius 3 is 2.82 bits per heavy atom. The van der Waals surface area contributed by atoms with Crippen LogP contribution in [0.4, 0.5) is 23.1 Å². The van der Waals surface area contributed by atoms with Crippen LogP contribution in [0.15, 0.2) is 36.5 Å². The van der Waals surface area contributed by atoms with E-state index in [1.807, 2.05) is 25.1 Å². The summed E-state index contributed by atoms with van der Waals surface area (Å²) in [5.41, 5.74) is 3.75. The summed E-state index contributed by atoms with van der Waals surface area (Å²) in [6.07, 6.45) is 1.65. The van der Waals surface area contributed by atoms with Crippen molar-refractivity contribution in [1.29, 1.82) is 5.26 Å². The summed E-state index contributed by atoms with van der Waals surface area (Å²) in [4.78, 5) is 13.4. The molecule has 10 nitrogen and oxygen atoms in total. The lowest BCUT2D eigenvalue weighted by atomic mass is 9.83. The Morgan fingerprint density at radius 2 is 2.09 bits per heavy atom. The van der Waals surface area contributed by atoms with Gasteiger partial charge in [0.1, 0.15) is 17.6 Å². The van der Waals surface area contributed by atoms with E-state index in [1.165, 1.54) is 0 Å². The molecule has 0 amide bonds. The van der Waals surface area contributed by atoms with E-state index >= 15 is 0 Å². The summed E-state index contributed by atoms with van der Waals surface area (Å²) in [7, 11) is 3.19. The average molecular weight is 462 g/mol. The fraction of sp³-hybridized carbons (Fsp3) is 0.333. The molecule has 3 aromatic rings. The fourth-order valence-corrected chi connectivity index (χ4v) is 3.84. The first-order valence-electron chi connectivity index (χ1n) is 10.8. The monoisotopic (exact) mass is 461 g/mol. The standard InChI is InChI=1S/C24H27N7O3/c1-24(14-32)13-28-21-16(12-25)10-15(11-17(21)24)18-6-7-27-23(29-18)30-19-4-5-20(26-8-9-33-2)31-22(19)34-3/h4-7,10-11,28,32H,8-9,13-14H2,1-3H3,(H,26,31)(H,27,29,30). The molecule has 0 bridgehead atoms. The largest absolute Gasteiger partial charge is 0.479 e. The van der Waals surface area contributed by atoms with Crippen LogP contribution in [-0.2, 0) is 10.2 Å². The van der Waals surface area contributed by atoms with Crippen molar-refractivity contribution in [2.24, 2.45) is 0 Å². The molecule has 3 heterocycles. The van der Waals surface area contributed by atoms with Gasteiger partial charge in [-0.3, -0.25) is 0 Å². The second-order valence-corrected chi connectivity index (χ2v) is 8.19. The molecule has 0 spiro atoms. The zero-order valence-electron chi connectivity index (χ0n) is 19.3. The van der Waals surface area contributed by atoms with Crippen LogP contribution < -0.4 is 20.7 Å². The van der Waals surface area contributed by atoms with E-state index in [0.29, 0.717) is 54.3 Å². The number of aromatic nitrogens is 3.